The second-order valence-corrected chi connectivity index (χ2v) is 3.44. The number of allylic oxidation sites excluding steroid dienone is 4. The lowest BCUT2D eigenvalue weighted by Crippen LogP contribution is -1.80. The molecule has 0 aromatic rings. The van der Waals surface area contributed by atoms with Crippen molar-refractivity contribution in [1.82, 2.24) is 0 Å². The third-order valence-corrected chi connectivity index (χ3v) is 1.97. The molecule has 1 heteroatoms. The Morgan fingerprint density at radius 1 is 1.15 bits per heavy atom. The van der Waals surface area contributed by atoms with Crippen LogP contribution >= 0.6 is 0 Å². The molecular formula is C12H20O. The van der Waals surface area contributed by atoms with Gasteiger partial charge in [-0.3, -0.25) is 4.79 Å². The van der Waals surface area contributed by atoms with Crippen LogP contribution in [0.2, 0.25) is 0 Å². The Morgan fingerprint density at radius 2 is 1.85 bits per heavy atom. The summed E-state index contributed by atoms with van der Waals surface area (Å²) < 4.78 is 0. The number of carbonyl (C=O) groups excluding carboxylic acids is 1. The predicted octanol–water partition coefficient (Wildman–Crippen LogP) is 3.66. The Bertz CT molecular complexity index is 199. The van der Waals surface area contributed by atoms with Crippen LogP contribution in [-0.2, 0) is 4.79 Å². The van der Waals surface area contributed by atoms with Crippen LogP contribution < -0.4 is 0 Å². The second kappa shape index (κ2) is 7.78. The summed E-state index contributed by atoms with van der Waals surface area (Å²) in [7, 11) is 0. The van der Waals surface area contributed by atoms with Gasteiger partial charge in [-0.25, -0.2) is 0 Å². The van der Waals surface area contributed by atoms with Gasteiger partial charge in [-0.15, -0.1) is 0 Å². The van der Waals surface area contributed by atoms with Crippen molar-refractivity contribution < 1.29 is 4.79 Å². The largest absolute Gasteiger partial charge is 0.298 e. The topological polar surface area (TPSA) is 17.1 Å². The van der Waals surface area contributed by atoms with Crippen molar-refractivity contribution in [3.05, 3.63) is 23.3 Å². The molecule has 0 rings (SSSR count). The Morgan fingerprint density at radius 3 is 2.38 bits per heavy atom. The maximum atomic E-state index is 10.3. The van der Waals surface area contributed by atoms with Gasteiger partial charge in [-0.2, -0.15) is 0 Å². The molecule has 0 aliphatic carbocycles. The number of aldehydes is 1. The molecular weight excluding hydrogens is 160 g/mol. The lowest BCUT2D eigenvalue weighted by atomic mass is 10.1. The first-order chi connectivity index (χ1) is 6.20. The summed E-state index contributed by atoms with van der Waals surface area (Å²) in [5.74, 6) is 0. The molecule has 0 aliphatic heterocycles. The van der Waals surface area contributed by atoms with Gasteiger partial charge in [-0.05, 0) is 38.7 Å². The smallest absolute Gasteiger partial charge is 0.145 e. The highest BCUT2D eigenvalue weighted by atomic mass is 16.1. The molecule has 0 N–H and O–H groups in total. The molecule has 0 amide bonds. The third kappa shape index (κ3) is 7.51. The molecule has 0 heterocycles. The molecule has 74 valence electrons. The average molecular weight is 180 g/mol. The standard InChI is InChI=1S/C12H20O/c1-4-5-7-11(2)8-6-9-12(3)10-13/h7,9-10H,4-6,8H2,1-3H3. The van der Waals surface area contributed by atoms with Crippen LogP contribution in [0.15, 0.2) is 23.3 Å². The van der Waals surface area contributed by atoms with E-state index in [1.807, 2.05) is 13.0 Å². The van der Waals surface area contributed by atoms with E-state index in [0.29, 0.717) is 0 Å². The molecule has 0 aromatic carbocycles. The number of hydrogen-bond acceptors (Lipinski definition) is 1. The van der Waals surface area contributed by atoms with Gasteiger partial charge in [0, 0.05) is 0 Å². The molecule has 0 aliphatic rings. The lowest BCUT2D eigenvalue weighted by molar-refractivity contribution is -0.104. The van der Waals surface area contributed by atoms with Crippen LogP contribution in [0, 0.1) is 0 Å². The summed E-state index contributed by atoms with van der Waals surface area (Å²) in [4.78, 5) is 10.3. The molecule has 0 saturated heterocycles. The van der Waals surface area contributed by atoms with Crippen LogP contribution in [0.3, 0.4) is 0 Å². The van der Waals surface area contributed by atoms with Crippen molar-refractivity contribution >= 4 is 6.29 Å². The van der Waals surface area contributed by atoms with Crippen LogP contribution in [0.5, 0.6) is 0 Å². The zero-order chi connectivity index (χ0) is 10.1. The van der Waals surface area contributed by atoms with E-state index < -0.39 is 0 Å². The molecule has 0 aromatic heterocycles. The van der Waals surface area contributed by atoms with Crippen LogP contribution in [0.25, 0.3) is 0 Å². The van der Waals surface area contributed by atoms with Crippen LogP contribution in [-0.4, -0.2) is 6.29 Å². The van der Waals surface area contributed by atoms with Crippen molar-refractivity contribution in [3.8, 4) is 0 Å². The van der Waals surface area contributed by atoms with Gasteiger partial charge >= 0.3 is 0 Å². The minimum absolute atomic E-state index is 0.836. The first kappa shape index (κ1) is 12.2. The molecule has 0 unspecified atom stereocenters. The maximum Gasteiger partial charge on any atom is 0.145 e. The molecule has 1 nitrogen and oxygen atoms in total. The molecule has 0 bridgehead atoms. The second-order valence-electron chi connectivity index (χ2n) is 3.44. The van der Waals surface area contributed by atoms with E-state index in [1.165, 1.54) is 18.4 Å². The van der Waals surface area contributed by atoms with Gasteiger partial charge < -0.3 is 0 Å². The molecule has 13 heavy (non-hydrogen) atoms. The Kier molecular flexibility index (Phi) is 7.27. The Labute approximate surface area is 81.5 Å². The summed E-state index contributed by atoms with van der Waals surface area (Å²) in [5, 5.41) is 0. The van der Waals surface area contributed by atoms with Gasteiger partial charge in [0.15, 0.2) is 0 Å². The van der Waals surface area contributed by atoms with E-state index in [2.05, 4.69) is 19.9 Å². The van der Waals surface area contributed by atoms with Crippen LogP contribution in [0.4, 0.5) is 0 Å². The van der Waals surface area contributed by atoms with Gasteiger partial charge in [0.25, 0.3) is 0 Å². The molecule has 0 spiro atoms. The highest BCUT2D eigenvalue weighted by Crippen LogP contribution is 2.07. The van der Waals surface area contributed by atoms with Gasteiger partial charge in [0.1, 0.15) is 6.29 Å². The fourth-order valence-electron chi connectivity index (χ4n) is 1.07. The Balaban J connectivity index is 3.69. The number of carbonyl (C=O) groups is 1. The SMILES string of the molecule is CCCC=C(C)CCC=C(C)C=O. The van der Waals surface area contributed by atoms with Crippen molar-refractivity contribution in [3.63, 3.8) is 0 Å². The number of hydrogen-bond donors (Lipinski definition) is 0. The zero-order valence-electron chi connectivity index (χ0n) is 8.97. The third-order valence-electron chi connectivity index (χ3n) is 1.97. The normalized spacial score (nSPS) is 13.2. The first-order valence-electron chi connectivity index (χ1n) is 4.98. The highest BCUT2D eigenvalue weighted by Gasteiger charge is 1.89. The summed E-state index contributed by atoms with van der Waals surface area (Å²) in [6, 6.07) is 0. The fourth-order valence-corrected chi connectivity index (χ4v) is 1.07. The molecule has 0 radical (unpaired) electrons. The van der Waals surface area contributed by atoms with Crippen molar-refractivity contribution in [2.75, 3.05) is 0 Å². The number of rotatable bonds is 6. The highest BCUT2D eigenvalue weighted by molar-refractivity contribution is 5.71. The van der Waals surface area contributed by atoms with Gasteiger partial charge in [0.2, 0.25) is 0 Å². The van der Waals surface area contributed by atoms with E-state index in [-0.39, 0.29) is 0 Å². The van der Waals surface area contributed by atoms with Crippen molar-refractivity contribution in [2.24, 2.45) is 0 Å². The minimum Gasteiger partial charge on any atom is -0.298 e. The van der Waals surface area contributed by atoms with Gasteiger partial charge in [0.05, 0.1) is 0 Å². The molecule has 0 saturated carbocycles. The zero-order valence-corrected chi connectivity index (χ0v) is 8.97. The average Bonchev–Trinajstić information content (AvgIpc) is 2.14. The summed E-state index contributed by atoms with van der Waals surface area (Å²) in [6.07, 6.45) is 9.62. The van der Waals surface area contributed by atoms with Crippen LogP contribution in [0.1, 0.15) is 46.5 Å². The molecule has 0 fully saturated rings. The molecule has 0 atom stereocenters. The quantitative estimate of drug-likeness (QED) is 0.346. The minimum atomic E-state index is 0.836. The maximum absolute atomic E-state index is 10.3. The lowest BCUT2D eigenvalue weighted by Gasteiger charge is -1.97. The summed E-state index contributed by atoms with van der Waals surface area (Å²) >= 11 is 0. The fraction of sp³-hybridized carbons (Fsp3) is 0.583. The van der Waals surface area contributed by atoms with Crippen molar-refractivity contribution in [1.29, 1.82) is 0 Å². The van der Waals surface area contributed by atoms with E-state index in [4.69, 9.17) is 0 Å². The van der Waals surface area contributed by atoms with Crippen molar-refractivity contribution in [2.45, 2.75) is 46.5 Å². The van der Waals surface area contributed by atoms with E-state index in [0.717, 1.165) is 24.7 Å². The van der Waals surface area contributed by atoms with E-state index >= 15 is 0 Å². The first-order valence-corrected chi connectivity index (χ1v) is 4.98. The predicted molar refractivity (Wildman–Crippen MR) is 57.7 cm³/mol. The summed E-state index contributed by atoms with van der Waals surface area (Å²) in [5.41, 5.74) is 2.26. The monoisotopic (exact) mass is 180 g/mol. The Hall–Kier alpha value is -0.850. The van der Waals surface area contributed by atoms with Gasteiger partial charge in [-0.1, -0.05) is 31.1 Å². The van der Waals surface area contributed by atoms with E-state index in [9.17, 15) is 4.79 Å². The van der Waals surface area contributed by atoms with E-state index in [1.54, 1.807) is 0 Å². The number of unbranched alkanes of at least 4 members (excludes halogenated alkanes) is 1. The summed E-state index contributed by atoms with van der Waals surface area (Å²) in [6.45, 7) is 6.18.